The van der Waals surface area contributed by atoms with E-state index in [-0.39, 0.29) is 23.7 Å². The van der Waals surface area contributed by atoms with Gasteiger partial charge >= 0.3 is 0 Å². The van der Waals surface area contributed by atoms with Crippen LogP contribution in [-0.2, 0) is 6.42 Å². The molecule has 0 spiro atoms. The number of phenols is 2. The third kappa shape index (κ3) is 3.32. The molecule has 110 valence electrons. The van der Waals surface area contributed by atoms with Gasteiger partial charge in [-0.1, -0.05) is 30.3 Å². The van der Waals surface area contributed by atoms with Crippen LogP contribution in [0.3, 0.4) is 0 Å². The Morgan fingerprint density at radius 2 is 1.81 bits per heavy atom. The Morgan fingerprint density at radius 3 is 2.38 bits per heavy atom. The van der Waals surface area contributed by atoms with Crippen molar-refractivity contribution in [1.82, 2.24) is 0 Å². The molecular weight excluding hydrogens is 270 g/mol. The number of aromatic hydroxyl groups is 2. The SMILES string of the molecule is NC(=O)c1cc(O)cc([C@@H](CO)Cc2ccccc2)c1O. The minimum absolute atomic E-state index is 0.156. The first-order valence-corrected chi connectivity index (χ1v) is 6.53. The van der Waals surface area contributed by atoms with Crippen molar-refractivity contribution in [3.8, 4) is 11.5 Å². The van der Waals surface area contributed by atoms with Crippen LogP contribution >= 0.6 is 0 Å². The second-order valence-corrected chi connectivity index (χ2v) is 4.86. The molecule has 2 rings (SSSR count). The van der Waals surface area contributed by atoms with E-state index in [1.54, 1.807) is 0 Å². The van der Waals surface area contributed by atoms with Crippen molar-refractivity contribution >= 4 is 5.91 Å². The van der Waals surface area contributed by atoms with Gasteiger partial charge in [0.15, 0.2) is 0 Å². The van der Waals surface area contributed by atoms with Crippen LogP contribution < -0.4 is 5.73 Å². The molecule has 1 amide bonds. The van der Waals surface area contributed by atoms with E-state index >= 15 is 0 Å². The average molecular weight is 287 g/mol. The summed E-state index contributed by atoms with van der Waals surface area (Å²) in [6.45, 7) is -0.232. The van der Waals surface area contributed by atoms with Crippen LogP contribution in [0.2, 0.25) is 0 Å². The summed E-state index contributed by atoms with van der Waals surface area (Å²) in [5.74, 6) is -1.75. The van der Waals surface area contributed by atoms with Crippen LogP contribution in [0.15, 0.2) is 42.5 Å². The number of hydrogen-bond acceptors (Lipinski definition) is 4. The van der Waals surface area contributed by atoms with Crippen molar-refractivity contribution in [2.45, 2.75) is 12.3 Å². The molecule has 0 heterocycles. The highest BCUT2D eigenvalue weighted by molar-refractivity contribution is 5.96. The van der Waals surface area contributed by atoms with Crippen molar-refractivity contribution in [2.24, 2.45) is 5.73 Å². The summed E-state index contributed by atoms with van der Waals surface area (Å²) in [5.41, 5.74) is 6.29. The largest absolute Gasteiger partial charge is 0.508 e. The highest BCUT2D eigenvalue weighted by atomic mass is 16.3. The molecule has 0 unspecified atom stereocenters. The zero-order valence-electron chi connectivity index (χ0n) is 11.4. The monoisotopic (exact) mass is 287 g/mol. The van der Waals surface area contributed by atoms with Crippen LogP contribution in [-0.4, -0.2) is 27.8 Å². The van der Waals surface area contributed by atoms with Gasteiger partial charge in [-0.25, -0.2) is 0 Å². The Kier molecular flexibility index (Phi) is 4.45. The Labute approximate surface area is 122 Å². The van der Waals surface area contributed by atoms with Gasteiger partial charge in [0.25, 0.3) is 5.91 Å². The maximum atomic E-state index is 11.3. The maximum Gasteiger partial charge on any atom is 0.252 e. The first kappa shape index (κ1) is 14.9. The zero-order chi connectivity index (χ0) is 15.4. The normalized spacial score (nSPS) is 12.0. The van der Waals surface area contributed by atoms with E-state index in [9.17, 15) is 20.1 Å². The lowest BCUT2D eigenvalue weighted by Crippen LogP contribution is -2.14. The smallest absolute Gasteiger partial charge is 0.252 e. The number of rotatable bonds is 5. The Balaban J connectivity index is 2.40. The zero-order valence-corrected chi connectivity index (χ0v) is 11.4. The lowest BCUT2D eigenvalue weighted by molar-refractivity contribution is 0.0997. The fraction of sp³-hybridized carbons (Fsp3) is 0.188. The predicted octanol–water partition coefficient (Wildman–Crippen LogP) is 1.52. The Morgan fingerprint density at radius 1 is 1.14 bits per heavy atom. The van der Waals surface area contributed by atoms with Crippen molar-refractivity contribution < 1.29 is 20.1 Å². The van der Waals surface area contributed by atoms with E-state index in [1.165, 1.54) is 6.07 Å². The van der Waals surface area contributed by atoms with Gasteiger partial charge in [0, 0.05) is 11.5 Å². The van der Waals surface area contributed by atoms with Crippen molar-refractivity contribution in [3.05, 3.63) is 59.2 Å². The summed E-state index contributed by atoms with van der Waals surface area (Å²) in [6.07, 6.45) is 0.465. The fourth-order valence-corrected chi connectivity index (χ4v) is 2.31. The molecule has 0 aliphatic rings. The molecular formula is C16H17NO4. The molecule has 0 radical (unpaired) electrons. The summed E-state index contributed by atoms with van der Waals surface area (Å²) in [4.78, 5) is 11.3. The molecule has 5 heteroatoms. The number of benzene rings is 2. The predicted molar refractivity (Wildman–Crippen MR) is 78.3 cm³/mol. The van der Waals surface area contributed by atoms with E-state index in [1.807, 2.05) is 30.3 Å². The molecule has 0 aromatic heterocycles. The van der Waals surface area contributed by atoms with Crippen molar-refractivity contribution in [2.75, 3.05) is 6.61 Å². The van der Waals surface area contributed by atoms with Gasteiger partial charge in [0.1, 0.15) is 11.5 Å². The van der Waals surface area contributed by atoms with Gasteiger partial charge in [-0.3, -0.25) is 4.79 Å². The quantitative estimate of drug-likeness (QED) is 0.626. The van der Waals surface area contributed by atoms with Gasteiger partial charge < -0.3 is 21.1 Å². The molecule has 0 bridgehead atoms. The molecule has 0 fully saturated rings. The minimum atomic E-state index is -0.832. The van der Waals surface area contributed by atoms with Crippen LogP contribution in [0.25, 0.3) is 0 Å². The highest BCUT2D eigenvalue weighted by Crippen LogP contribution is 2.34. The fourth-order valence-electron chi connectivity index (χ4n) is 2.31. The van der Waals surface area contributed by atoms with E-state index in [0.717, 1.165) is 11.6 Å². The number of aliphatic hydroxyl groups excluding tert-OH is 1. The number of carbonyl (C=O) groups excluding carboxylic acids is 1. The standard InChI is InChI=1S/C16H17NO4/c17-16(21)14-8-12(19)7-13(15(14)20)11(9-18)6-10-4-2-1-3-5-10/h1-5,7-8,11,18-20H,6,9H2,(H2,17,21)/t11-/m1/s1. The summed E-state index contributed by atoms with van der Waals surface area (Å²) >= 11 is 0. The van der Waals surface area contributed by atoms with Crippen molar-refractivity contribution in [1.29, 1.82) is 0 Å². The molecule has 0 saturated carbocycles. The number of phenolic OH excluding ortho intramolecular Hbond substituents is 1. The average Bonchev–Trinajstić information content (AvgIpc) is 2.48. The molecule has 21 heavy (non-hydrogen) atoms. The molecule has 5 N–H and O–H groups in total. The van der Waals surface area contributed by atoms with Gasteiger partial charge in [-0.15, -0.1) is 0 Å². The van der Waals surface area contributed by atoms with Crippen LogP contribution in [0, 0.1) is 0 Å². The van der Waals surface area contributed by atoms with E-state index in [0.29, 0.717) is 12.0 Å². The second kappa shape index (κ2) is 6.28. The first-order valence-electron chi connectivity index (χ1n) is 6.53. The molecule has 0 aliphatic carbocycles. The summed E-state index contributed by atoms with van der Waals surface area (Å²) < 4.78 is 0. The minimum Gasteiger partial charge on any atom is -0.508 e. The third-order valence-electron chi connectivity index (χ3n) is 3.37. The van der Waals surface area contributed by atoms with Crippen LogP contribution in [0.5, 0.6) is 11.5 Å². The molecule has 0 saturated heterocycles. The van der Waals surface area contributed by atoms with Crippen LogP contribution in [0.1, 0.15) is 27.4 Å². The van der Waals surface area contributed by atoms with Gasteiger partial charge in [-0.2, -0.15) is 0 Å². The van der Waals surface area contributed by atoms with Crippen LogP contribution in [0.4, 0.5) is 0 Å². The summed E-state index contributed by atoms with van der Waals surface area (Å²) in [7, 11) is 0. The Bertz CT molecular complexity index is 640. The maximum absolute atomic E-state index is 11.3. The third-order valence-corrected chi connectivity index (χ3v) is 3.37. The van der Waals surface area contributed by atoms with E-state index in [4.69, 9.17) is 5.73 Å². The number of nitrogens with two attached hydrogens (primary N) is 1. The lowest BCUT2D eigenvalue weighted by Gasteiger charge is -2.18. The molecule has 2 aromatic carbocycles. The number of primary amides is 1. The van der Waals surface area contributed by atoms with Gasteiger partial charge in [0.2, 0.25) is 0 Å². The molecule has 5 nitrogen and oxygen atoms in total. The van der Waals surface area contributed by atoms with E-state index in [2.05, 4.69) is 0 Å². The summed E-state index contributed by atoms with van der Waals surface area (Å²) in [5, 5.41) is 29.4. The first-order chi connectivity index (χ1) is 10.0. The Hall–Kier alpha value is -2.53. The summed E-state index contributed by atoms with van der Waals surface area (Å²) in [6, 6.07) is 11.9. The highest BCUT2D eigenvalue weighted by Gasteiger charge is 2.21. The molecule has 1 atom stereocenters. The van der Waals surface area contributed by atoms with Crippen molar-refractivity contribution in [3.63, 3.8) is 0 Å². The number of hydrogen-bond donors (Lipinski definition) is 4. The molecule has 2 aromatic rings. The molecule has 0 aliphatic heterocycles. The lowest BCUT2D eigenvalue weighted by atomic mass is 9.90. The van der Waals surface area contributed by atoms with E-state index < -0.39 is 11.8 Å². The van der Waals surface area contributed by atoms with Gasteiger partial charge in [0.05, 0.1) is 12.2 Å². The topological polar surface area (TPSA) is 104 Å². The number of carbonyl (C=O) groups is 1. The number of aliphatic hydroxyl groups is 1. The number of amides is 1. The second-order valence-electron chi connectivity index (χ2n) is 4.86. The van der Waals surface area contributed by atoms with Gasteiger partial charge in [-0.05, 0) is 24.1 Å².